The molecule has 158 valence electrons. The van der Waals surface area contributed by atoms with E-state index in [9.17, 15) is 22.4 Å². The van der Waals surface area contributed by atoms with Crippen molar-refractivity contribution in [1.29, 1.82) is 0 Å². The van der Waals surface area contributed by atoms with Crippen LogP contribution >= 0.6 is 0 Å². The molecule has 2 aromatic rings. The highest BCUT2D eigenvalue weighted by Gasteiger charge is 2.42. The number of likely N-dealkylation sites (tertiary alicyclic amines) is 1. The molecule has 2 heterocycles. The zero-order valence-electron chi connectivity index (χ0n) is 15.9. The third kappa shape index (κ3) is 5.53. The second-order valence-electron chi connectivity index (χ2n) is 7.04. The van der Waals surface area contributed by atoms with Crippen LogP contribution in [0.25, 0.3) is 5.69 Å². The van der Waals surface area contributed by atoms with Gasteiger partial charge in [0.1, 0.15) is 5.82 Å². The summed E-state index contributed by atoms with van der Waals surface area (Å²) in [7, 11) is 0. The molecule has 1 amide bonds. The predicted octanol–water partition coefficient (Wildman–Crippen LogP) is 3.42. The van der Waals surface area contributed by atoms with Gasteiger partial charge in [0.2, 0.25) is 0 Å². The van der Waals surface area contributed by atoms with Crippen molar-refractivity contribution in [2.45, 2.75) is 38.3 Å². The topological polar surface area (TPSA) is 63.1 Å². The van der Waals surface area contributed by atoms with Crippen LogP contribution in [0.3, 0.4) is 0 Å². The van der Waals surface area contributed by atoms with Crippen LogP contribution in [0.2, 0.25) is 0 Å². The molecule has 1 N–H and O–H groups in total. The van der Waals surface area contributed by atoms with Crippen LogP contribution in [-0.4, -0.2) is 52.0 Å². The van der Waals surface area contributed by atoms with Gasteiger partial charge >= 0.3 is 6.18 Å². The average Bonchev–Trinajstić information content (AvgIpc) is 2.97. The number of carbonyl (C=O) groups is 1. The van der Waals surface area contributed by atoms with Crippen molar-refractivity contribution in [2.24, 2.45) is 0 Å². The Morgan fingerprint density at radius 1 is 1.14 bits per heavy atom. The number of alkyl halides is 3. The molecule has 0 aliphatic carbocycles. The van der Waals surface area contributed by atoms with Crippen molar-refractivity contribution in [3.63, 3.8) is 0 Å². The number of halogens is 4. The van der Waals surface area contributed by atoms with Crippen LogP contribution in [0.1, 0.15) is 48.3 Å². The molecule has 1 saturated heterocycles. The maximum Gasteiger partial charge on any atom is 0.435 e. The number of benzene rings is 1. The lowest BCUT2D eigenvalue weighted by Crippen LogP contribution is -2.31. The molecule has 6 nitrogen and oxygen atoms in total. The van der Waals surface area contributed by atoms with Crippen LogP contribution in [0, 0.1) is 5.82 Å². The maximum absolute atomic E-state index is 13.6. The summed E-state index contributed by atoms with van der Waals surface area (Å²) in [6.45, 7) is 3.03. The molecule has 1 aliphatic heterocycles. The standard InChI is InChI=1S/C19H23F4N5O/c20-14-7-5-8-15(13-14)28-17(19(21,22)23)16(25-26-28)18(29)24-9-6-12-27-10-3-1-2-4-11-27/h5,7-8,13H,1-4,6,9-12H2,(H,24,29). The Morgan fingerprint density at radius 3 is 2.52 bits per heavy atom. The van der Waals surface area contributed by atoms with Gasteiger partial charge in [0.15, 0.2) is 11.4 Å². The van der Waals surface area contributed by atoms with Crippen LogP contribution in [-0.2, 0) is 6.18 Å². The van der Waals surface area contributed by atoms with Gasteiger partial charge in [-0.2, -0.15) is 13.2 Å². The van der Waals surface area contributed by atoms with Crippen LogP contribution in [0.4, 0.5) is 17.6 Å². The monoisotopic (exact) mass is 413 g/mol. The first-order chi connectivity index (χ1) is 13.9. The molecule has 0 unspecified atom stereocenters. The quantitative estimate of drug-likeness (QED) is 0.582. The minimum Gasteiger partial charge on any atom is -0.351 e. The van der Waals surface area contributed by atoms with Gasteiger partial charge in [-0.3, -0.25) is 4.79 Å². The summed E-state index contributed by atoms with van der Waals surface area (Å²) in [6.07, 6.45) is 0.470. The molecule has 3 rings (SSSR count). The van der Waals surface area contributed by atoms with Crippen molar-refractivity contribution in [2.75, 3.05) is 26.2 Å². The number of rotatable bonds is 6. The van der Waals surface area contributed by atoms with Crippen molar-refractivity contribution in [3.8, 4) is 5.69 Å². The molecule has 0 bridgehead atoms. The lowest BCUT2D eigenvalue weighted by atomic mass is 10.2. The molecule has 1 fully saturated rings. The number of amides is 1. The zero-order valence-corrected chi connectivity index (χ0v) is 15.9. The Labute approximate surface area is 165 Å². The fourth-order valence-corrected chi connectivity index (χ4v) is 3.43. The summed E-state index contributed by atoms with van der Waals surface area (Å²) in [5.74, 6) is -1.67. The van der Waals surface area contributed by atoms with E-state index >= 15 is 0 Å². The van der Waals surface area contributed by atoms with E-state index < -0.39 is 29.3 Å². The molecule has 10 heteroatoms. The number of aromatic nitrogens is 3. The van der Waals surface area contributed by atoms with E-state index in [0.29, 0.717) is 11.1 Å². The van der Waals surface area contributed by atoms with Crippen molar-refractivity contribution < 1.29 is 22.4 Å². The normalized spacial score (nSPS) is 15.9. The summed E-state index contributed by atoms with van der Waals surface area (Å²) >= 11 is 0. The smallest absolute Gasteiger partial charge is 0.351 e. The van der Waals surface area contributed by atoms with Crippen LogP contribution in [0.5, 0.6) is 0 Å². The highest BCUT2D eigenvalue weighted by Crippen LogP contribution is 2.32. The minimum atomic E-state index is -4.88. The zero-order chi connectivity index (χ0) is 20.9. The van der Waals surface area contributed by atoms with E-state index in [1.165, 1.54) is 25.0 Å². The van der Waals surface area contributed by atoms with Gasteiger partial charge in [0, 0.05) is 6.54 Å². The van der Waals surface area contributed by atoms with Crippen molar-refractivity contribution >= 4 is 5.91 Å². The molecule has 1 aromatic carbocycles. The highest BCUT2D eigenvalue weighted by molar-refractivity contribution is 5.93. The van der Waals surface area contributed by atoms with Gasteiger partial charge in [-0.15, -0.1) is 5.10 Å². The first-order valence-corrected chi connectivity index (χ1v) is 9.65. The van der Waals surface area contributed by atoms with Crippen LogP contribution < -0.4 is 5.32 Å². The van der Waals surface area contributed by atoms with E-state index in [1.54, 1.807) is 0 Å². The van der Waals surface area contributed by atoms with E-state index in [2.05, 4.69) is 20.5 Å². The van der Waals surface area contributed by atoms with Crippen molar-refractivity contribution in [3.05, 3.63) is 41.5 Å². The maximum atomic E-state index is 13.6. The third-order valence-corrected chi connectivity index (χ3v) is 4.84. The van der Waals surface area contributed by atoms with E-state index in [4.69, 9.17) is 0 Å². The predicted molar refractivity (Wildman–Crippen MR) is 98.2 cm³/mol. The molecule has 1 aromatic heterocycles. The summed E-state index contributed by atoms with van der Waals surface area (Å²) in [5.41, 5.74) is -2.31. The fraction of sp³-hybridized carbons (Fsp3) is 0.526. The first-order valence-electron chi connectivity index (χ1n) is 9.65. The minimum absolute atomic E-state index is 0.162. The Balaban J connectivity index is 1.67. The van der Waals surface area contributed by atoms with E-state index in [0.717, 1.165) is 44.6 Å². The molecule has 0 atom stereocenters. The van der Waals surface area contributed by atoms with Crippen molar-refractivity contribution in [1.82, 2.24) is 25.2 Å². The molecule has 29 heavy (non-hydrogen) atoms. The van der Waals surface area contributed by atoms with Crippen LogP contribution in [0.15, 0.2) is 24.3 Å². The molecular weight excluding hydrogens is 390 g/mol. The highest BCUT2D eigenvalue weighted by atomic mass is 19.4. The van der Waals surface area contributed by atoms with Gasteiger partial charge in [-0.05, 0) is 57.1 Å². The lowest BCUT2D eigenvalue weighted by Gasteiger charge is -2.19. The second kappa shape index (κ2) is 9.34. The van der Waals surface area contributed by atoms with Gasteiger partial charge in [-0.1, -0.05) is 24.1 Å². The molecule has 0 radical (unpaired) electrons. The summed E-state index contributed by atoms with van der Waals surface area (Å²) in [6, 6.07) is 4.52. The van der Waals surface area contributed by atoms with E-state index in [-0.39, 0.29) is 12.2 Å². The van der Waals surface area contributed by atoms with Gasteiger partial charge < -0.3 is 10.2 Å². The Bertz CT molecular complexity index is 828. The van der Waals surface area contributed by atoms with Gasteiger partial charge in [0.05, 0.1) is 5.69 Å². The largest absolute Gasteiger partial charge is 0.435 e. The second-order valence-corrected chi connectivity index (χ2v) is 7.04. The third-order valence-electron chi connectivity index (χ3n) is 4.84. The number of nitrogens with one attached hydrogen (secondary N) is 1. The summed E-state index contributed by atoms with van der Waals surface area (Å²) < 4.78 is 54.6. The molecule has 0 spiro atoms. The summed E-state index contributed by atoms with van der Waals surface area (Å²) in [4.78, 5) is 14.6. The number of hydrogen-bond donors (Lipinski definition) is 1. The number of nitrogens with zero attached hydrogens (tertiary/aromatic N) is 4. The Kier molecular flexibility index (Phi) is 6.83. The molecular formula is C19H23F4N5O. The summed E-state index contributed by atoms with van der Waals surface area (Å²) in [5, 5.41) is 9.34. The first kappa shape index (κ1) is 21.2. The number of hydrogen-bond acceptors (Lipinski definition) is 4. The Morgan fingerprint density at radius 2 is 1.86 bits per heavy atom. The van der Waals surface area contributed by atoms with Gasteiger partial charge in [0.25, 0.3) is 5.91 Å². The van der Waals surface area contributed by atoms with E-state index in [1.807, 2.05) is 0 Å². The number of carbonyl (C=O) groups excluding carboxylic acids is 1. The Hall–Kier alpha value is -2.49. The van der Waals surface area contributed by atoms with Gasteiger partial charge in [-0.25, -0.2) is 9.07 Å². The lowest BCUT2D eigenvalue weighted by molar-refractivity contribution is -0.143. The average molecular weight is 413 g/mol. The molecule has 1 aliphatic rings. The fourth-order valence-electron chi connectivity index (χ4n) is 3.43. The SMILES string of the molecule is O=C(NCCCN1CCCCCC1)c1nnn(-c2cccc(F)c2)c1C(F)(F)F. The molecule has 0 saturated carbocycles.